The van der Waals surface area contributed by atoms with E-state index in [0.717, 1.165) is 5.56 Å². The van der Waals surface area contributed by atoms with Gasteiger partial charge < -0.3 is 10.0 Å². The molecule has 1 saturated heterocycles. The summed E-state index contributed by atoms with van der Waals surface area (Å²) in [5, 5.41) is 15.5. The number of piperidine rings is 1. The number of rotatable bonds is 5. The standard InChI is InChI=1S/C22H26FN5O3/c1-15(16-4-3-5-17(23)11-16)10-19(29)27-8-6-22(31,7-9-27)13-28-14-24-20-18(21(28)30)12-25-26(20)2/h3-5,11-12,14-15,31H,6-10,13H2,1-2H3. The number of fused-ring (bicyclic) bond motifs is 1. The number of hydrogen-bond acceptors (Lipinski definition) is 5. The molecule has 1 unspecified atom stereocenters. The second-order valence-electron chi connectivity index (χ2n) is 8.45. The summed E-state index contributed by atoms with van der Waals surface area (Å²) < 4.78 is 16.4. The number of hydrogen-bond donors (Lipinski definition) is 1. The van der Waals surface area contributed by atoms with E-state index >= 15 is 0 Å². The van der Waals surface area contributed by atoms with Crippen molar-refractivity contribution in [2.45, 2.75) is 44.2 Å². The van der Waals surface area contributed by atoms with Crippen LogP contribution >= 0.6 is 0 Å². The Balaban J connectivity index is 1.38. The van der Waals surface area contributed by atoms with Crippen molar-refractivity contribution in [3.05, 3.63) is 58.5 Å². The number of aromatic nitrogens is 4. The van der Waals surface area contributed by atoms with Crippen molar-refractivity contribution < 1.29 is 14.3 Å². The number of halogens is 1. The molecule has 0 spiro atoms. The van der Waals surface area contributed by atoms with Crippen molar-refractivity contribution in [2.24, 2.45) is 7.05 Å². The van der Waals surface area contributed by atoms with E-state index in [9.17, 15) is 19.1 Å². The summed E-state index contributed by atoms with van der Waals surface area (Å²) in [7, 11) is 1.72. The first-order chi connectivity index (χ1) is 14.8. The van der Waals surface area contributed by atoms with E-state index in [1.165, 1.54) is 33.9 Å². The van der Waals surface area contributed by atoms with Gasteiger partial charge in [-0.1, -0.05) is 19.1 Å². The number of nitrogens with zero attached hydrogens (tertiary/aromatic N) is 5. The van der Waals surface area contributed by atoms with E-state index in [1.807, 2.05) is 13.0 Å². The summed E-state index contributed by atoms with van der Waals surface area (Å²) in [6.45, 7) is 2.83. The molecule has 9 heteroatoms. The molecule has 4 rings (SSSR count). The first kappa shape index (κ1) is 21.2. The topological polar surface area (TPSA) is 93.2 Å². The Morgan fingerprint density at radius 2 is 2.06 bits per heavy atom. The first-order valence-electron chi connectivity index (χ1n) is 10.4. The zero-order valence-corrected chi connectivity index (χ0v) is 17.7. The highest BCUT2D eigenvalue weighted by Gasteiger charge is 2.35. The molecule has 1 N–H and O–H groups in total. The highest BCUT2D eigenvalue weighted by atomic mass is 19.1. The van der Waals surface area contributed by atoms with E-state index < -0.39 is 5.60 Å². The number of amides is 1. The van der Waals surface area contributed by atoms with Crippen LogP contribution < -0.4 is 5.56 Å². The maximum atomic E-state index is 13.4. The maximum Gasteiger partial charge on any atom is 0.264 e. The molecule has 1 fully saturated rings. The van der Waals surface area contributed by atoms with Crippen molar-refractivity contribution in [1.82, 2.24) is 24.2 Å². The summed E-state index contributed by atoms with van der Waals surface area (Å²) in [6.07, 6.45) is 3.92. The van der Waals surface area contributed by atoms with Gasteiger partial charge in [0.2, 0.25) is 5.91 Å². The van der Waals surface area contributed by atoms with Gasteiger partial charge in [-0.15, -0.1) is 0 Å². The normalized spacial score (nSPS) is 17.1. The largest absolute Gasteiger partial charge is 0.388 e. The number of aliphatic hydroxyl groups is 1. The highest BCUT2D eigenvalue weighted by Crippen LogP contribution is 2.26. The summed E-state index contributed by atoms with van der Waals surface area (Å²) in [4.78, 5) is 31.4. The lowest BCUT2D eigenvalue weighted by molar-refractivity contribution is -0.136. The van der Waals surface area contributed by atoms with Crippen LogP contribution in [0.1, 0.15) is 37.7 Å². The SMILES string of the molecule is CC(CC(=O)N1CCC(O)(Cn2cnc3c(cnn3C)c2=O)CC1)c1cccc(F)c1. The number of carbonyl (C=O) groups is 1. The van der Waals surface area contributed by atoms with Crippen LogP contribution in [0.5, 0.6) is 0 Å². The fourth-order valence-electron chi connectivity index (χ4n) is 4.15. The Kier molecular flexibility index (Phi) is 5.62. The summed E-state index contributed by atoms with van der Waals surface area (Å²) in [6, 6.07) is 6.31. The Morgan fingerprint density at radius 1 is 1.32 bits per heavy atom. The van der Waals surface area contributed by atoms with Gasteiger partial charge in [-0.2, -0.15) is 5.10 Å². The van der Waals surface area contributed by atoms with Crippen molar-refractivity contribution in [1.29, 1.82) is 0 Å². The average molecular weight is 427 g/mol. The van der Waals surface area contributed by atoms with E-state index in [1.54, 1.807) is 18.0 Å². The molecular formula is C22H26FN5O3. The predicted molar refractivity (Wildman–Crippen MR) is 113 cm³/mol. The lowest BCUT2D eigenvalue weighted by Crippen LogP contribution is -2.49. The molecule has 2 aromatic heterocycles. The van der Waals surface area contributed by atoms with Gasteiger partial charge in [-0.3, -0.25) is 18.8 Å². The molecule has 3 aromatic rings. The fraction of sp³-hybridized carbons (Fsp3) is 0.455. The summed E-state index contributed by atoms with van der Waals surface area (Å²) in [5.74, 6) is -0.427. The molecule has 1 aromatic carbocycles. The minimum absolute atomic E-state index is 0.0191. The first-order valence-corrected chi connectivity index (χ1v) is 10.4. The lowest BCUT2D eigenvalue weighted by Gasteiger charge is -2.38. The Morgan fingerprint density at radius 3 is 2.77 bits per heavy atom. The van der Waals surface area contributed by atoms with Gasteiger partial charge in [0.25, 0.3) is 5.56 Å². The van der Waals surface area contributed by atoms with Crippen LogP contribution in [0.2, 0.25) is 0 Å². The van der Waals surface area contributed by atoms with Crippen molar-refractivity contribution in [3.63, 3.8) is 0 Å². The number of carbonyl (C=O) groups excluding carboxylic acids is 1. The molecule has 0 bridgehead atoms. The molecule has 1 aliphatic rings. The molecule has 0 saturated carbocycles. The second kappa shape index (κ2) is 8.22. The summed E-state index contributed by atoms with van der Waals surface area (Å²) >= 11 is 0. The van der Waals surface area contributed by atoms with Crippen LogP contribution in [0.3, 0.4) is 0 Å². The van der Waals surface area contributed by atoms with E-state index in [2.05, 4.69) is 10.1 Å². The third-order valence-electron chi connectivity index (χ3n) is 6.13. The van der Waals surface area contributed by atoms with Gasteiger partial charge in [-0.05, 0) is 36.5 Å². The van der Waals surface area contributed by atoms with E-state index in [-0.39, 0.29) is 36.2 Å². The van der Waals surface area contributed by atoms with Crippen LogP contribution in [0.25, 0.3) is 11.0 Å². The average Bonchev–Trinajstić information content (AvgIpc) is 3.12. The molecule has 0 aliphatic carbocycles. The Hall–Kier alpha value is -3.07. The van der Waals surface area contributed by atoms with Gasteiger partial charge in [-0.25, -0.2) is 9.37 Å². The van der Waals surface area contributed by atoms with Crippen molar-refractivity contribution >= 4 is 16.9 Å². The van der Waals surface area contributed by atoms with Gasteiger partial charge >= 0.3 is 0 Å². The van der Waals surface area contributed by atoms with E-state index in [0.29, 0.717) is 37.0 Å². The van der Waals surface area contributed by atoms with Gasteiger partial charge in [0, 0.05) is 26.6 Å². The third kappa shape index (κ3) is 4.36. The molecule has 1 amide bonds. The minimum atomic E-state index is -1.09. The third-order valence-corrected chi connectivity index (χ3v) is 6.13. The van der Waals surface area contributed by atoms with Crippen LogP contribution in [0.4, 0.5) is 4.39 Å². The molecule has 1 aliphatic heterocycles. The maximum absolute atomic E-state index is 13.4. The van der Waals surface area contributed by atoms with Crippen molar-refractivity contribution in [2.75, 3.05) is 13.1 Å². The predicted octanol–water partition coefficient (Wildman–Crippen LogP) is 1.82. The molecule has 8 nitrogen and oxygen atoms in total. The number of likely N-dealkylation sites (tertiary alicyclic amines) is 1. The lowest BCUT2D eigenvalue weighted by atomic mass is 9.90. The molecular weight excluding hydrogens is 401 g/mol. The second-order valence-corrected chi connectivity index (χ2v) is 8.45. The Labute approximate surface area is 178 Å². The van der Waals surface area contributed by atoms with Crippen LogP contribution in [0.15, 0.2) is 41.6 Å². The quantitative estimate of drug-likeness (QED) is 0.670. The Bertz CT molecular complexity index is 1160. The minimum Gasteiger partial charge on any atom is -0.388 e. The zero-order valence-electron chi connectivity index (χ0n) is 17.7. The highest BCUT2D eigenvalue weighted by molar-refractivity contribution is 5.77. The molecule has 164 valence electrons. The number of aryl methyl sites for hydroxylation is 1. The smallest absolute Gasteiger partial charge is 0.264 e. The molecule has 0 radical (unpaired) electrons. The fourth-order valence-corrected chi connectivity index (χ4v) is 4.15. The van der Waals surface area contributed by atoms with Crippen LogP contribution in [-0.4, -0.2) is 53.9 Å². The summed E-state index contributed by atoms with van der Waals surface area (Å²) in [5.41, 5.74) is -0.0404. The van der Waals surface area contributed by atoms with Crippen LogP contribution in [0, 0.1) is 5.82 Å². The van der Waals surface area contributed by atoms with Crippen molar-refractivity contribution in [3.8, 4) is 0 Å². The zero-order chi connectivity index (χ0) is 22.2. The van der Waals surface area contributed by atoms with Gasteiger partial charge in [0.1, 0.15) is 17.5 Å². The molecule has 3 heterocycles. The van der Waals surface area contributed by atoms with Gasteiger partial charge in [0.05, 0.1) is 18.3 Å². The molecule has 1 atom stereocenters. The number of benzene rings is 1. The van der Waals surface area contributed by atoms with E-state index in [4.69, 9.17) is 0 Å². The van der Waals surface area contributed by atoms with Crippen LogP contribution in [-0.2, 0) is 18.4 Å². The molecule has 31 heavy (non-hydrogen) atoms. The monoisotopic (exact) mass is 427 g/mol. The van der Waals surface area contributed by atoms with Gasteiger partial charge in [0.15, 0.2) is 5.65 Å².